The Morgan fingerprint density at radius 2 is 1.30 bits per heavy atom. The molecule has 384 valence electrons. The molecule has 0 aliphatic carbocycles. The van der Waals surface area contributed by atoms with Gasteiger partial charge >= 0.3 is 0 Å². The Kier molecular flexibility index (Phi) is 19.4. The molecule has 0 spiro atoms. The van der Waals surface area contributed by atoms with Crippen LogP contribution in [-0.4, -0.2) is 85.3 Å². The van der Waals surface area contributed by atoms with E-state index >= 15 is 0 Å². The molecule has 8 rings (SSSR count). The van der Waals surface area contributed by atoms with Crippen molar-refractivity contribution in [3.63, 3.8) is 0 Å². The van der Waals surface area contributed by atoms with Gasteiger partial charge in [0.25, 0.3) is 11.1 Å². The fraction of sp³-hybridized carbons (Fsp3) is 0.492. The molecule has 2 aliphatic rings. The van der Waals surface area contributed by atoms with Crippen LogP contribution >= 0.6 is 0 Å². The highest BCUT2D eigenvalue weighted by Crippen LogP contribution is 2.31. The first-order valence-corrected chi connectivity index (χ1v) is 24.8. The predicted octanol–water partition coefficient (Wildman–Crippen LogP) is 10.2. The van der Waals surface area contributed by atoms with Crippen molar-refractivity contribution in [1.29, 1.82) is 0 Å². The van der Waals surface area contributed by atoms with Crippen molar-refractivity contribution < 1.29 is 9.53 Å². The molecule has 12 heteroatoms. The van der Waals surface area contributed by atoms with Gasteiger partial charge in [0.15, 0.2) is 5.78 Å². The van der Waals surface area contributed by atoms with Crippen LogP contribution in [-0.2, 0) is 40.5 Å². The summed E-state index contributed by atoms with van der Waals surface area (Å²) in [5, 5.41) is 5.13. The molecule has 71 heavy (non-hydrogen) atoms. The molecular formula is C59H83N7O5. The Hall–Kier alpha value is -5.98. The summed E-state index contributed by atoms with van der Waals surface area (Å²) in [6, 6.07) is 31.1. The summed E-state index contributed by atoms with van der Waals surface area (Å²) in [5.41, 5.74) is 6.75. The van der Waals surface area contributed by atoms with E-state index in [1.807, 2.05) is 72.8 Å². The van der Waals surface area contributed by atoms with E-state index < -0.39 is 0 Å². The molecule has 1 fully saturated rings. The van der Waals surface area contributed by atoms with Gasteiger partial charge in [-0.3, -0.25) is 28.6 Å². The van der Waals surface area contributed by atoms with Crippen LogP contribution in [0.15, 0.2) is 124 Å². The van der Waals surface area contributed by atoms with Crippen LogP contribution in [0.4, 0.5) is 0 Å². The highest BCUT2D eigenvalue weighted by Gasteiger charge is 2.35. The number of carbonyl (C=O) groups excluding carboxylic acids is 1. The lowest BCUT2D eigenvalue weighted by atomic mass is 9.86. The maximum atomic E-state index is 12.1. The second-order valence-corrected chi connectivity index (χ2v) is 24.2. The zero-order chi connectivity index (χ0) is 53.1. The minimum atomic E-state index is -0.0631. The number of para-hydroxylation sites is 1. The topological polar surface area (TPSA) is 135 Å². The molecule has 0 saturated carbocycles. The maximum absolute atomic E-state index is 12.1. The number of pyridine rings is 1. The van der Waals surface area contributed by atoms with E-state index in [0.717, 1.165) is 39.7 Å². The van der Waals surface area contributed by atoms with Crippen molar-refractivity contribution >= 4 is 16.7 Å². The number of H-pyrrole nitrogens is 1. The van der Waals surface area contributed by atoms with Gasteiger partial charge in [-0.15, -0.1) is 0 Å². The second kappa shape index (κ2) is 24.0. The van der Waals surface area contributed by atoms with Gasteiger partial charge in [-0.25, -0.2) is 9.67 Å². The molecule has 1 N–H and O–H groups in total. The number of ether oxygens (including phenoxy) is 1. The third-order valence-electron chi connectivity index (χ3n) is 12.1. The molecule has 0 radical (unpaired) electrons. The van der Waals surface area contributed by atoms with Crippen molar-refractivity contribution in [3.05, 3.63) is 169 Å². The van der Waals surface area contributed by atoms with E-state index in [1.54, 1.807) is 29.2 Å². The summed E-state index contributed by atoms with van der Waals surface area (Å²) in [5.74, 6) is 1.04. The lowest BCUT2D eigenvalue weighted by Gasteiger charge is -2.49. The first kappa shape index (κ1) is 57.6. The van der Waals surface area contributed by atoms with Gasteiger partial charge in [0.05, 0.1) is 29.5 Å². The van der Waals surface area contributed by atoms with E-state index in [1.165, 1.54) is 23.3 Å². The number of aromatic nitrogens is 5. The van der Waals surface area contributed by atoms with Crippen LogP contribution < -0.4 is 21.4 Å². The Bertz CT molecular complexity index is 2820. The Morgan fingerprint density at radius 3 is 1.85 bits per heavy atom. The van der Waals surface area contributed by atoms with Crippen LogP contribution in [0, 0.1) is 5.41 Å². The molecule has 3 aromatic heterocycles. The molecule has 3 aromatic carbocycles. The molecule has 2 aliphatic heterocycles. The highest BCUT2D eigenvalue weighted by molar-refractivity contribution is 5.84. The van der Waals surface area contributed by atoms with Gasteiger partial charge in [-0.2, -0.15) is 5.10 Å². The molecule has 5 heterocycles. The number of ketones is 1. The number of hydrogen-bond donors (Lipinski definition) is 1. The molecule has 1 saturated heterocycles. The van der Waals surface area contributed by atoms with Crippen molar-refractivity contribution in [2.24, 2.45) is 5.41 Å². The van der Waals surface area contributed by atoms with Gasteiger partial charge in [0.1, 0.15) is 12.4 Å². The summed E-state index contributed by atoms with van der Waals surface area (Å²) in [7, 11) is 4.31. The first-order valence-electron chi connectivity index (χ1n) is 24.8. The van der Waals surface area contributed by atoms with E-state index in [2.05, 4.69) is 155 Å². The fourth-order valence-electron chi connectivity index (χ4n) is 7.38. The largest absolute Gasteiger partial charge is 0.486 e. The van der Waals surface area contributed by atoms with Crippen molar-refractivity contribution in [2.45, 2.75) is 151 Å². The van der Waals surface area contributed by atoms with Crippen molar-refractivity contribution in [1.82, 2.24) is 34.1 Å². The van der Waals surface area contributed by atoms with Gasteiger partial charge in [0.2, 0.25) is 5.56 Å². The number of carbonyl (C=O) groups is 1. The Labute approximate surface area is 423 Å². The molecule has 0 atom stereocenters. The van der Waals surface area contributed by atoms with Gasteiger partial charge in [0, 0.05) is 66.9 Å². The number of nitrogens with zero attached hydrogens (tertiary/aromatic N) is 6. The number of likely N-dealkylation sites (tertiary alicyclic amines) is 1. The molecule has 0 unspecified atom stereocenters. The number of hydrogen-bond acceptors (Lipinski definition) is 9. The number of aromatic amines is 1. The third kappa shape index (κ3) is 18.3. The molecule has 0 bridgehead atoms. The van der Waals surface area contributed by atoms with Crippen LogP contribution in [0.5, 0.6) is 5.75 Å². The number of rotatable bonds is 4. The van der Waals surface area contributed by atoms with Crippen LogP contribution in [0.3, 0.4) is 0 Å². The molecule has 6 aromatic rings. The number of likely N-dealkylation sites (N-methyl/N-ethyl adjacent to an activating group) is 1. The molecular weight excluding hydrogens is 887 g/mol. The standard InChI is InChI=1S/C15H18N2O.C13H16N2O.C13H16O2.C9H20N2.C9H13NO/c1-15(2,3)13-9-10-14(18)17(16-13)11-12-7-5-4-6-8-12;1-13(2,3)8-15-9-14-11-7-5-4-6-10(11)12(15)16;1-13(2,3)10-5-4-9-6-11(14)8-15-12(9)7-10;1-9(2,3)11-6-8(7-11)10(4)5;1-9(2,3)7-4-5-8(11)10-6-7/h4-10H,11H2,1-3H3;4-7,9H,8H2,1-3H3;4-5,7H,6,8H2,1-3H3;8H,6-7H2,1-5H3;4-6H,1-3H3,(H,10,11). The quantitative estimate of drug-likeness (QED) is 0.183. The molecule has 12 nitrogen and oxygen atoms in total. The van der Waals surface area contributed by atoms with Crippen LogP contribution in [0.1, 0.15) is 132 Å². The highest BCUT2D eigenvalue weighted by atomic mass is 16.5. The Morgan fingerprint density at radius 1 is 0.690 bits per heavy atom. The zero-order valence-corrected chi connectivity index (χ0v) is 45.9. The van der Waals surface area contributed by atoms with E-state index in [-0.39, 0.29) is 50.7 Å². The second-order valence-electron chi connectivity index (χ2n) is 24.2. The fourth-order valence-corrected chi connectivity index (χ4v) is 7.38. The van der Waals surface area contributed by atoms with E-state index in [4.69, 9.17) is 4.74 Å². The van der Waals surface area contributed by atoms with Crippen LogP contribution in [0.2, 0.25) is 0 Å². The number of nitrogens with one attached hydrogen (secondary N) is 1. The van der Waals surface area contributed by atoms with Gasteiger partial charge in [-0.05, 0) is 92.1 Å². The number of benzene rings is 3. The average molecular weight is 970 g/mol. The maximum Gasteiger partial charge on any atom is 0.267 e. The minimum absolute atomic E-state index is 0.0422. The SMILES string of the molecule is CC(C)(C)Cn1cnc2ccccc2c1=O.CC(C)(C)c1ccc(=O)[nH]c1.CC(C)(C)c1ccc(=O)n(Cc2ccccc2)n1.CC(C)(C)c1ccc2c(c1)OCC(=O)C2.CN(C)C1CN(C(C)(C)C)C1. The summed E-state index contributed by atoms with van der Waals surface area (Å²) < 4.78 is 8.63. The number of fused-ring (bicyclic) bond motifs is 2. The summed E-state index contributed by atoms with van der Waals surface area (Å²) in [6.07, 6.45) is 3.91. The first-order chi connectivity index (χ1) is 32.8. The normalized spacial score (nSPS) is 14.2. The monoisotopic (exact) mass is 970 g/mol. The van der Waals surface area contributed by atoms with Crippen LogP contribution in [0.25, 0.3) is 10.9 Å². The summed E-state index contributed by atoms with van der Waals surface area (Å²) in [6.45, 7) is 36.2. The predicted molar refractivity (Wildman–Crippen MR) is 292 cm³/mol. The lowest BCUT2D eigenvalue weighted by Crippen LogP contribution is -2.63. The van der Waals surface area contributed by atoms with Gasteiger partial charge in [-0.1, -0.05) is 144 Å². The van der Waals surface area contributed by atoms with Gasteiger partial charge < -0.3 is 14.6 Å². The smallest absolute Gasteiger partial charge is 0.267 e. The lowest BCUT2D eigenvalue weighted by molar-refractivity contribution is -0.121. The third-order valence-corrected chi connectivity index (χ3v) is 12.1. The van der Waals surface area contributed by atoms with Crippen molar-refractivity contribution in [2.75, 3.05) is 33.8 Å². The summed E-state index contributed by atoms with van der Waals surface area (Å²) >= 11 is 0. The summed E-state index contributed by atoms with van der Waals surface area (Å²) in [4.78, 5) is 57.6. The van der Waals surface area contributed by atoms with Crippen molar-refractivity contribution in [3.8, 4) is 5.75 Å². The zero-order valence-electron chi connectivity index (χ0n) is 45.9. The van der Waals surface area contributed by atoms with E-state index in [0.29, 0.717) is 30.4 Å². The minimum Gasteiger partial charge on any atom is -0.486 e. The number of Topliss-reactive ketones (excluding diaryl/α,β-unsaturated/α-hetero) is 1. The molecule has 0 amide bonds. The average Bonchev–Trinajstić information content (AvgIpc) is 3.24. The van der Waals surface area contributed by atoms with E-state index in [9.17, 15) is 19.2 Å². The Balaban J connectivity index is 0.000000195.